The molecule has 0 saturated carbocycles. The van der Waals surface area contributed by atoms with E-state index in [4.69, 9.17) is 17.3 Å². The van der Waals surface area contributed by atoms with E-state index in [2.05, 4.69) is 5.10 Å². The molecule has 0 bridgehead atoms. The zero-order valence-electron chi connectivity index (χ0n) is 10.0. The second-order valence-corrected chi connectivity index (χ2v) is 4.69. The average Bonchev–Trinajstić information content (AvgIpc) is 2.60. The quantitative estimate of drug-likeness (QED) is 0.909. The van der Waals surface area contributed by atoms with Crippen molar-refractivity contribution in [2.45, 2.75) is 19.4 Å². The third-order valence-electron chi connectivity index (χ3n) is 3.02. The van der Waals surface area contributed by atoms with E-state index in [1.54, 1.807) is 0 Å². The maximum Gasteiger partial charge on any atom is 0.0540 e. The molecule has 3 nitrogen and oxygen atoms in total. The minimum Gasteiger partial charge on any atom is -0.324 e. The molecule has 1 heterocycles. The van der Waals surface area contributed by atoms with Gasteiger partial charge in [0.1, 0.15) is 0 Å². The SMILES string of the molecule is Cc1c(C(N)Cc2cccc(Cl)c2)cnn1C. The molecule has 2 rings (SSSR count). The van der Waals surface area contributed by atoms with E-state index >= 15 is 0 Å². The van der Waals surface area contributed by atoms with E-state index < -0.39 is 0 Å². The summed E-state index contributed by atoms with van der Waals surface area (Å²) in [5.74, 6) is 0. The van der Waals surface area contributed by atoms with Gasteiger partial charge in [-0.2, -0.15) is 5.10 Å². The van der Waals surface area contributed by atoms with Gasteiger partial charge in [0, 0.05) is 29.4 Å². The van der Waals surface area contributed by atoms with Gasteiger partial charge in [0.2, 0.25) is 0 Å². The van der Waals surface area contributed by atoms with Crippen LogP contribution in [0.3, 0.4) is 0 Å². The highest BCUT2D eigenvalue weighted by molar-refractivity contribution is 6.30. The molecule has 1 atom stereocenters. The maximum atomic E-state index is 6.19. The Labute approximate surface area is 106 Å². The molecular weight excluding hydrogens is 234 g/mol. The van der Waals surface area contributed by atoms with Crippen LogP contribution < -0.4 is 5.73 Å². The Morgan fingerprint density at radius 3 is 2.82 bits per heavy atom. The fourth-order valence-corrected chi connectivity index (χ4v) is 2.12. The summed E-state index contributed by atoms with van der Waals surface area (Å²) in [6.45, 7) is 2.03. The Balaban J connectivity index is 2.17. The van der Waals surface area contributed by atoms with Crippen LogP contribution in [0.2, 0.25) is 5.02 Å². The minimum absolute atomic E-state index is 0.0397. The molecule has 2 aromatic rings. The van der Waals surface area contributed by atoms with Crippen LogP contribution in [0.5, 0.6) is 0 Å². The van der Waals surface area contributed by atoms with Crippen LogP contribution in [0, 0.1) is 6.92 Å². The van der Waals surface area contributed by atoms with Crippen molar-refractivity contribution < 1.29 is 0 Å². The van der Waals surface area contributed by atoms with Crippen molar-refractivity contribution in [3.05, 3.63) is 52.3 Å². The molecule has 0 spiro atoms. The average molecular weight is 250 g/mol. The maximum absolute atomic E-state index is 6.19. The number of aryl methyl sites for hydroxylation is 1. The monoisotopic (exact) mass is 249 g/mol. The van der Waals surface area contributed by atoms with Gasteiger partial charge in [-0.15, -0.1) is 0 Å². The lowest BCUT2D eigenvalue weighted by atomic mass is 10.0. The van der Waals surface area contributed by atoms with E-state index in [0.717, 1.165) is 28.3 Å². The molecule has 1 unspecified atom stereocenters. The van der Waals surface area contributed by atoms with Crippen molar-refractivity contribution >= 4 is 11.6 Å². The van der Waals surface area contributed by atoms with Crippen LogP contribution in [0.15, 0.2) is 30.5 Å². The Morgan fingerprint density at radius 2 is 2.24 bits per heavy atom. The zero-order valence-corrected chi connectivity index (χ0v) is 10.8. The summed E-state index contributed by atoms with van der Waals surface area (Å²) < 4.78 is 1.84. The normalized spacial score (nSPS) is 12.7. The standard InChI is InChI=1S/C13H16ClN3/c1-9-12(8-16-17(9)2)13(15)7-10-4-3-5-11(14)6-10/h3-6,8,13H,7,15H2,1-2H3. The third kappa shape index (κ3) is 2.68. The van der Waals surface area contributed by atoms with Crippen molar-refractivity contribution in [3.8, 4) is 0 Å². The highest BCUT2D eigenvalue weighted by atomic mass is 35.5. The van der Waals surface area contributed by atoms with Crippen LogP contribution in [0.25, 0.3) is 0 Å². The zero-order chi connectivity index (χ0) is 12.4. The number of nitrogens with two attached hydrogens (primary N) is 1. The Morgan fingerprint density at radius 1 is 1.47 bits per heavy atom. The van der Waals surface area contributed by atoms with Crippen LogP contribution in [0.1, 0.15) is 22.9 Å². The Hall–Kier alpha value is -1.32. The number of hydrogen-bond acceptors (Lipinski definition) is 2. The van der Waals surface area contributed by atoms with Crippen molar-refractivity contribution in [1.29, 1.82) is 0 Å². The topological polar surface area (TPSA) is 43.8 Å². The van der Waals surface area contributed by atoms with Gasteiger partial charge in [0.25, 0.3) is 0 Å². The molecule has 0 aliphatic heterocycles. The molecule has 0 saturated heterocycles. The number of nitrogens with zero attached hydrogens (tertiary/aromatic N) is 2. The highest BCUT2D eigenvalue weighted by Crippen LogP contribution is 2.20. The smallest absolute Gasteiger partial charge is 0.0540 e. The van der Waals surface area contributed by atoms with Gasteiger partial charge in [-0.3, -0.25) is 4.68 Å². The first-order chi connectivity index (χ1) is 8.08. The van der Waals surface area contributed by atoms with Gasteiger partial charge in [-0.1, -0.05) is 23.7 Å². The Kier molecular flexibility index (Phi) is 3.50. The van der Waals surface area contributed by atoms with Gasteiger partial charge in [0.05, 0.1) is 6.20 Å². The second kappa shape index (κ2) is 4.90. The molecule has 0 radical (unpaired) electrons. The van der Waals surface area contributed by atoms with Crippen molar-refractivity contribution in [3.63, 3.8) is 0 Å². The number of benzene rings is 1. The van der Waals surface area contributed by atoms with E-state index in [1.165, 1.54) is 0 Å². The highest BCUT2D eigenvalue weighted by Gasteiger charge is 2.13. The van der Waals surface area contributed by atoms with Crippen molar-refractivity contribution in [2.75, 3.05) is 0 Å². The van der Waals surface area contributed by atoms with E-state index in [0.29, 0.717) is 0 Å². The van der Waals surface area contributed by atoms with E-state index in [9.17, 15) is 0 Å². The molecule has 0 fully saturated rings. The van der Waals surface area contributed by atoms with Crippen molar-refractivity contribution in [2.24, 2.45) is 12.8 Å². The van der Waals surface area contributed by atoms with Gasteiger partial charge in [0.15, 0.2) is 0 Å². The summed E-state index contributed by atoms with van der Waals surface area (Å²) in [5, 5.41) is 4.95. The summed E-state index contributed by atoms with van der Waals surface area (Å²) in [4.78, 5) is 0. The lowest BCUT2D eigenvalue weighted by Crippen LogP contribution is -2.14. The van der Waals surface area contributed by atoms with Gasteiger partial charge in [-0.25, -0.2) is 0 Å². The number of aromatic nitrogens is 2. The first kappa shape index (κ1) is 12.1. The number of hydrogen-bond donors (Lipinski definition) is 1. The van der Waals surface area contributed by atoms with E-state index in [1.807, 2.05) is 49.1 Å². The summed E-state index contributed by atoms with van der Waals surface area (Å²) >= 11 is 5.95. The number of halogens is 1. The summed E-state index contributed by atoms with van der Waals surface area (Å²) in [6.07, 6.45) is 2.61. The molecule has 0 amide bonds. The predicted octanol–water partition coefficient (Wildman–Crippen LogP) is 2.62. The third-order valence-corrected chi connectivity index (χ3v) is 3.25. The molecule has 2 N–H and O–H groups in total. The fourth-order valence-electron chi connectivity index (χ4n) is 1.91. The van der Waals surface area contributed by atoms with Crippen LogP contribution in [-0.2, 0) is 13.5 Å². The van der Waals surface area contributed by atoms with Crippen LogP contribution in [-0.4, -0.2) is 9.78 Å². The van der Waals surface area contributed by atoms with Crippen molar-refractivity contribution in [1.82, 2.24) is 9.78 Å². The largest absolute Gasteiger partial charge is 0.324 e. The Bertz CT molecular complexity index is 519. The van der Waals surface area contributed by atoms with Crippen LogP contribution in [0.4, 0.5) is 0 Å². The summed E-state index contributed by atoms with van der Waals surface area (Å²) in [6, 6.07) is 7.76. The molecule has 0 aliphatic carbocycles. The summed E-state index contributed by atoms with van der Waals surface area (Å²) in [5.41, 5.74) is 9.54. The lowest BCUT2D eigenvalue weighted by molar-refractivity contribution is 0.700. The van der Waals surface area contributed by atoms with Crippen LogP contribution >= 0.6 is 11.6 Å². The second-order valence-electron chi connectivity index (χ2n) is 4.25. The lowest BCUT2D eigenvalue weighted by Gasteiger charge is -2.11. The molecule has 1 aromatic heterocycles. The fraction of sp³-hybridized carbons (Fsp3) is 0.308. The van der Waals surface area contributed by atoms with Gasteiger partial charge < -0.3 is 5.73 Å². The molecule has 0 aliphatic rings. The molecule has 1 aromatic carbocycles. The van der Waals surface area contributed by atoms with Gasteiger partial charge in [-0.05, 0) is 31.0 Å². The first-order valence-corrected chi connectivity index (χ1v) is 5.94. The molecule has 4 heteroatoms. The molecule has 17 heavy (non-hydrogen) atoms. The van der Waals surface area contributed by atoms with Gasteiger partial charge >= 0.3 is 0 Å². The minimum atomic E-state index is -0.0397. The summed E-state index contributed by atoms with van der Waals surface area (Å²) in [7, 11) is 1.92. The van der Waals surface area contributed by atoms with E-state index in [-0.39, 0.29) is 6.04 Å². The first-order valence-electron chi connectivity index (χ1n) is 5.56. The predicted molar refractivity (Wildman–Crippen MR) is 70.0 cm³/mol. The number of rotatable bonds is 3. The molecular formula is C13H16ClN3. The molecule has 90 valence electrons.